The van der Waals surface area contributed by atoms with Crippen molar-refractivity contribution in [1.29, 1.82) is 0 Å². The van der Waals surface area contributed by atoms with Crippen LogP contribution in [0.25, 0.3) is 0 Å². The number of ether oxygens (including phenoxy) is 1. The van der Waals surface area contributed by atoms with Crippen molar-refractivity contribution in [2.45, 2.75) is 25.9 Å². The standard InChI is InChI=1S/C11H17N5OS/c1-7(2)16-11(9(17-4)6-13-16)10(12-3)8-5-14-18-15-8/h5-7,10,12H,1-4H3. The summed E-state index contributed by atoms with van der Waals surface area (Å²) < 4.78 is 15.7. The molecule has 18 heavy (non-hydrogen) atoms. The van der Waals surface area contributed by atoms with Crippen molar-refractivity contribution in [1.82, 2.24) is 23.8 Å². The molecule has 0 aliphatic carbocycles. The fraction of sp³-hybridized carbons (Fsp3) is 0.545. The maximum absolute atomic E-state index is 5.39. The number of methoxy groups -OCH3 is 1. The molecule has 1 atom stereocenters. The molecule has 0 bridgehead atoms. The Morgan fingerprint density at radius 2 is 2.17 bits per heavy atom. The molecule has 1 unspecified atom stereocenters. The molecule has 6 nitrogen and oxygen atoms in total. The van der Waals surface area contributed by atoms with Crippen LogP contribution < -0.4 is 10.1 Å². The second-order valence-corrected chi connectivity index (χ2v) is 4.75. The first-order valence-electron chi connectivity index (χ1n) is 5.75. The third kappa shape index (κ3) is 2.23. The van der Waals surface area contributed by atoms with Gasteiger partial charge in [-0.1, -0.05) is 0 Å². The van der Waals surface area contributed by atoms with Crippen LogP contribution >= 0.6 is 11.7 Å². The van der Waals surface area contributed by atoms with Crippen LogP contribution in [0.2, 0.25) is 0 Å². The van der Waals surface area contributed by atoms with E-state index in [4.69, 9.17) is 4.74 Å². The Morgan fingerprint density at radius 3 is 2.67 bits per heavy atom. The number of hydrogen-bond donors (Lipinski definition) is 1. The molecule has 0 saturated carbocycles. The topological polar surface area (TPSA) is 64.9 Å². The predicted molar refractivity (Wildman–Crippen MR) is 70.0 cm³/mol. The molecule has 0 spiro atoms. The van der Waals surface area contributed by atoms with E-state index in [0.717, 1.165) is 17.1 Å². The second kappa shape index (κ2) is 5.45. The zero-order valence-corrected chi connectivity index (χ0v) is 11.7. The van der Waals surface area contributed by atoms with Crippen molar-refractivity contribution in [3.8, 4) is 5.75 Å². The molecule has 98 valence electrons. The highest BCUT2D eigenvalue weighted by Crippen LogP contribution is 2.30. The molecule has 2 aromatic rings. The lowest BCUT2D eigenvalue weighted by molar-refractivity contribution is 0.395. The first kappa shape index (κ1) is 13.0. The summed E-state index contributed by atoms with van der Waals surface area (Å²) in [5, 5.41) is 7.61. The molecular weight excluding hydrogens is 250 g/mol. The maximum Gasteiger partial charge on any atom is 0.162 e. The Labute approximate surface area is 110 Å². The van der Waals surface area contributed by atoms with Crippen LogP contribution in [-0.2, 0) is 0 Å². The van der Waals surface area contributed by atoms with Gasteiger partial charge in [0, 0.05) is 6.04 Å². The lowest BCUT2D eigenvalue weighted by Gasteiger charge is -2.19. The number of aromatic nitrogens is 4. The number of nitrogens with one attached hydrogen (secondary N) is 1. The molecule has 0 fully saturated rings. The summed E-state index contributed by atoms with van der Waals surface area (Å²) in [5.41, 5.74) is 1.85. The fourth-order valence-electron chi connectivity index (χ4n) is 1.92. The monoisotopic (exact) mass is 267 g/mol. The van der Waals surface area contributed by atoms with Crippen molar-refractivity contribution < 1.29 is 4.74 Å². The van der Waals surface area contributed by atoms with Gasteiger partial charge in [-0.05, 0) is 20.9 Å². The van der Waals surface area contributed by atoms with E-state index in [9.17, 15) is 0 Å². The third-order valence-electron chi connectivity index (χ3n) is 2.74. The summed E-state index contributed by atoms with van der Waals surface area (Å²) in [6.45, 7) is 4.17. The van der Waals surface area contributed by atoms with Gasteiger partial charge < -0.3 is 10.1 Å². The van der Waals surface area contributed by atoms with E-state index in [2.05, 4.69) is 33.0 Å². The zero-order valence-electron chi connectivity index (χ0n) is 10.9. The third-order valence-corrected chi connectivity index (χ3v) is 3.24. The van der Waals surface area contributed by atoms with Crippen LogP contribution in [0.1, 0.15) is 37.3 Å². The average Bonchev–Trinajstić information content (AvgIpc) is 2.99. The summed E-state index contributed by atoms with van der Waals surface area (Å²) in [5.74, 6) is 0.760. The van der Waals surface area contributed by atoms with Crippen molar-refractivity contribution in [3.05, 3.63) is 23.8 Å². The molecule has 2 rings (SSSR count). The minimum atomic E-state index is -0.0661. The van der Waals surface area contributed by atoms with E-state index in [1.165, 1.54) is 11.7 Å². The van der Waals surface area contributed by atoms with E-state index in [1.807, 2.05) is 11.7 Å². The molecular formula is C11H17N5OS. The van der Waals surface area contributed by atoms with Gasteiger partial charge >= 0.3 is 0 Å². The molecule has 1 N–H and O–H groups in total. The van der Waals surface area contributed by atoms with E-state index in [-0.39, 0.29) is 12.1 Å². The van der Waals surface area contributed by atoms with E-state index < -0.39 is 0 Å². The minimum Gasteiger partial charge on any atom is -0.493 e. The van der Waals surface area contributed by atoms with Crippen molar-refractivity contribution in [3.63, 3.8) is 0 Å². The molecule has 0 amide bonds. The van der Waals surface area contributed by atoms with Crippen molar-refractivity contribution >= 4 is 11.7 Å². The molecule has 0 aromatic carbocycles. The first-order chi connectivity index (χ1) is 8.69. The van der Waals surface area contributed by atoms with Gasteiger partial charge in [0.05, 0.1) is 43.0 Å². The molecule has 0 aliphatic heterocycles. The summed E-state index contributed by atoms with van der Waals surface area (Å²) in [6, 6.07) is 0.190. The SMILES string of the molecule is CNC(c1cnsn1)c1c(OC)cnn1C(C)C. The molecule has 0 radical (unpaired) electrons. The van der Waals surface area contributed by atoms with E-state index >= 15 is 0 Å². The van der Waals surface area contributed by atoms with Crippen LogP contribution in [0.4, 0.5) is 0 Å². The molecule has 2 heterocycles. The normalized spacial score (nSPS) is 12.9. The van der Waals surface area contributed by atoms with Gasteiger partial charge in [0.25, 0.3) is 0 Å². The van der Waals surface area contributed by atoms with E-state index in [0.29, 0.717) is 0 Å². The minimum absolute atomic E-state index is 0.0661. The largest absolute Gasteiger partial charge is 0.493 e. The quantitative estimate of drug-likeness (QED) is 0.892. The van der Waals surface area contributed by atoms with Gasteiger partial charge in [0.1, 0.15) is 5.69 Å². The molecule has 0 aliphatic rings. The van der Waals surface area contributed by atoms with Gasteiger partial charge in [-0.2, -0.15) is 13.8 Å². The van der Waals surface area contributed by atoms with Crippen LogP contribution in [-0.4, -0.2) is 32.7 Å². The highest BCUT2D eigenvalue weighted by molar-refractivity contribution is 6.99. The van der Waals surface area contributed by atoms with Crippen LogP contribution in [0.5, 0.6) is 5.75 Å². The number of rotatable bonds is 5. The Morgan fingerprint density at radius 1 is 1.39 bits per heavy atom. The zero-order chi connectivity index (χ0) is 13.1. The van der Waals surface area contributed by atoms with Gasteiger partial charge in [-0.15, -0.1) is 0 Å². The second-order valence-electron chi connectivity index (χ2n) is 4.19. The molecule has 0 saturated heterocycles. The van der Waals surface area contributed by atoms with E-state index in [1.54, 1.807) is 19.5 Å². The molecule has 2 aromatic heterocycles. The summed E-state index contributed by atoms with van der Waals surface area (Å²) in [6.07, 6.45) is 3.50. The average molecular weight is 267 g/mol. The van der Waals surface area contributed by atoms with Gasteiger partial charge in [-0.3, -0.25) is 4.68 Å². The van der Waals surface area contributed by atoms with Crippen LogP contribution in [0.3, 0.4) is 0 Å². The van der Waals surface area contributed by atoms with Gasteiger partial charge in [0.15, 0.2) is 5.75 Å². The lowest BCUT2D eigenvalue weighted by Crippen LogP contribution is -2.23. The summed E-state index contributed by atoms with van der Waals surface area (Å²) in [7, 11) is 3.54. The Bertz CT molecular complexity index is 494. The summed E-state index contributed by atoms with van der Waals surface area (Å²) >= 11 is 1.20. The maximum atomic E-state index is 5.39. The first-order valence-corrected chi connectivity index (χ1v) is 6.48. The van der Waals surface area contributed by atoms with Crippen LogP contribution in [0.15, 0.2) is 12.4 Å². The van der Waals surface area contributed by atoms with Crippen molar-refractivity contribution in [2.75, 3.05) is 14.2 Å². The lowest BCUT2D eigenvalue weighted by atomic mass is 10.1. The Hall–Kier alpha value is -1.47. The summed E-state index contributed by atoms with van der Waals surface area (Å²) in [4.78, 5) is 0. The molecule has 7 heteroatoms. The number of nitrogens with zero attached hydrogens (tertiary/aromatic N) is 4. The highest BCUT2D eigenvalue weighted by atomic mass is 32.1. The van der Waals surface area contributed by atoms with Crippen LogP contribution in [0, 0.1) is 0 Å². The highest BCUT2D eigenvalue weighted by Gasteiger charge is 2.25. The Kier molecular flexibility index (Phi) is 3.93. The smallest absolute Gasteiger partial charge is 0.162 e. The van der Waals surface area contributed by atoms with Gasteiger partial charge in [-0.25, -0.2) is 0 Å². The van der Waals surface area contributed by atoms with Crippen molar-refractivity contribution in [2.24, 2.45) is 0 Å². The predicted octanol–water partition coefficient (Wildman–Crippen LogP) is 1.63. The number of hydrogen-bond acceptors (Lipinski definition) is 6. The fourth-order valence-corrected chi connectivity index (χ4v) is 2.37. The Balaban J connectivity index is 2.50. The van der Waals surface area contributed by atoms with Gasteiger partial charge in [0.2, 0.25) is 0 Å².